The minimum atomic E-state index is 0. The van der Waals surface area contributed by atoms with E-state index in [0.29, 0.717) is 0 Å². The van der Waals surface area contributed by atoms with Gasteiger partial charge in [-0.25, -0.2) is 4.70 Å². The number of hydrogen-bond donors (Lipinski definition) is 0. The number of rotatable bonds is 16. The second-order valence-corrected chi connectivity index (χ2v) is 11.1. The minimum Gasteiger partial charge on any atom is -0.493 e. The van der Waals surface area contributed by atoms with E-state index in [4.69, 9.17) is 0 Å². The van der Waals surface area contributed by atoms with Crippen LogP contribution >= 0.6 is 0 Å². The van der Waals surface area contributed by atoms with Gasteiger partial charge in [0.15, 0.2) is 0 Å². The van der Waals surface area contributed by atoms with Gasteiger partial charge in [-0.05, 0) is 61.8 Å². The Balaban J connectivity index is 0.00000616. The van der Waals surface area contributed by atoms with Crippen molar-refractivity contribution in [3.05, 3.63) is 88.0 Å². The molecule has 0 aromatic heterocycles. The van der Waals surface area contributed by atoms with E-state index in [9.17, 15) is 5.53 Å². The Labute approximate surface area is 266 Å². The van der Waals surface area contributed by atoms with Crippen molar-refractivity contribution in [2.24, 2.45) is 0 Å². The molecule has 0 amide bonds. The van der Waals surface area contributed by atoms with Crippen LogP contribution in [-0.2, 0) is 29.3 Å². The van der Waals surface area contributed by atoms with Crippen LogP contribution in [0.4, 0.5) is 0 Å². The average Bonchev–Trinajstić information content (AvgIpc) is 3.32. The largest absolute Gasteiger partial charge is 0.493 e. The molecule has 2 nitrogen and oxygen atoms in total. The molecule has 0 bridgehead atoms. The van der Waals surface area contributed by atoms with Gasteiger partial charge in [-0.1, -0.05) is 95.7 Å². The Hall–Kier alpha value is -2.87. The van der Waals surface area contributed by atoms with Crippen molar-refractivity contribution in [2.75, 3.05) is 0 Å². The first-order valence-electron chi connectivity index (χ1n) is 16.2. The summed E-state index contributed by atoms with van der Waals surface area (Å²) < 4.78 is 1.46. The van der Waals surface area contributed by atoms with Gasteiger partial charge in [0.05, 0.1) is 0 Å². The van der Waals surface area contributed by atoms with Gasteiger partial charge in [0.2, 0.25) is 11.4 Å². The summed E-state index contributed by atoms with van der Waals surface area (Å²) in [5.74, 6) is 13.5. The van der Waals surface area contributed by atoms with E-state index < -0.39 is 0 Å². The molecule has 0 saturated heterocycles. The Morgan fingerprint density at radius 3 is 1.62 bits per heavy atom. The van der Waals surface area contributed by atoms with Gasteiger partial charge in [-0.15, -0.1) is 23.7 Å². The van der Waals surface area contributed by atoms with Gasteiger partial charge in [0, 0.05) is 65.0 Å². The van der Waals surface area contributed by atoms with Crippen LogP contribution < -0.4 is 0 Å². The Morgan fingerprint density at radius 1 is 0.571 bits per heavy atom. The normalized spacial score (nSPS) is 12.3. The molecule has 42 heavy (non-hydrogen) atoms. The third-order valence-electron chi connectivity index (χ3n) is 7.77. The summed E-state index contributed by atoms with van der Waals surface area (Å²) in [5.41, 5.74) is 19.5. The number of allylic oxidation sites excluding steroid dienone is 2. The molecular formula is C39H50N2Ni. The van der Waals surface area contributed by atoms with Crippen LogP contribution in [0.5, 0.6) is 0 Å². The van der Waals surface area contributed by atoms with Gasteiger partial charge >= 0.3 is 0 Å². The van der Waals surface area contributed by atoms with Crippen LogP contribution in [-0.4, -0.2) is 4.70 Å². The summed E-state index contributed by atoms with van der Waals surface area (Å²) in [4.78, 5) is 0. The van der Waals surface area contributed by atoms with Crippen molar-refractivity contribution in [3.8, 4) is 23.7 Å². The maximum Gasteiger partial charge on any atom is 0.211 e. The second kappa shape index (κ2) is 20.9. The molecule has 2 aromatic carbocycles. The quantitative estimate of drug-likeness (QED) is 0.0788. The molecule has 0 saturated carbocycles. The molecule has 0 aliphatic carbocycles. The standard InChI is InChI=1S/C39H50N2.Ni/c1-4-7-10-12-14-16-19-25-33-27-21-23-30-36(33)38-32-35(29-18-9-6-3)39(41(38)40)37-31-24-22-28-34(37)26-20-17-15-13-11-8-5-2;/h21-24,27-28,30-32H,4-13,18-20,25-26,29H2,1-3H3;. The summed E-state index contributed by atoms with van der Waals surface area (Å²) in [7, 11) is 0. The van der Waals surface area contributed by atoms with Crippen LogP contribution in [0, 0.1) is 23.7 Å². The Kier molecular flexibility index (Phi) is 17.6. The molecule has 2 aromatic rings. The number of unbranched alkanes of at least 4 members (excludes halogenated alkanes) is 8. The first-order chi connectivity index (χ1) is 20.2. The number of aryl methyl sites for hydroxylation is 2. The molecule has 0 spiro atoms. The molecule has 0 atom stereocenters. The van der Waals surface area contributed by atoms with Gasteiger partial charge in [0.25, 0.3) is 0 Å². The molecule has 1 heterocycles. The monoisotopic (exact) mass is 604 g/mol. The topological polar surface area (TPSA) is 25.3 Å². The predicted octanol–water partition coefficient (Wildman–Crippen LogP) is 11.1. The summed E-state index contributed by atoms with van der Waals surface area (Å²) in [6, 6.07) is 17.1. The summed E-state index contributed by atoms with van der Waals surface area (Å²) in [6.45, 7) is 6.70. The molecule has 226 valence electrons. The van der Waals surface area contributed by atoms with Crippen molar-refractivity contribution < 1.29 is 21.2 Å². The maximum absolute atomic E-state index is 11.8. The van der Waals surface area contributed by atoms with Gasteiger partial charge in [-0.2, -0.15) is 0 Å². The van der Waals surface area contributed by atoms with E-state index in [1.54, 1.807) is 0 Å². The second-order valence-electron chi connectivity index (χ2n) is 11.1. The van der Waals surface area contributed by atoms with Crippen LogP contribution in [0.2, 0.25) is 0 Å². The first kappa shape index (κ1) is 35.3. The molecule has 0 unspecified atom stereocenters. The molecule has 0 radical (unpaired) electrons. The molecule has 1 aliphatic rings. The zero-order chi connectivity index (χ0) is 29.1. The molecule has 3 heteroatoms. The number of nitrogens with zero attached hydrogens (tertiary/aromatic N) is 2. The van der Waals surface area contributed by atoms with E-state index in [-0.39, 0.29) is 16.5 Å². The van der Waals surface area contributed by atoms with Gasteiger partial charge in [-0.3, -0.25) is 0 Å². The van der Waals surface area contributed by atoms with Crippen molar-refractivity contribution in [1.82, 2.24) is 0 Å². The smallest absolute Gasteiger partial charge is 0.211 e. The average molecular weight is 606 g/mol. The fourth-order valence-electron chi connectivity index (χ4n) is 5.42. The van der Waals surface area contributed by atoms with Crippen molar-refractivity contribution >= 4 is 11.4 Å². The maximum atomic E-state index is 11.8. The third-order valence-corrected chi connectivity index (χ3v) is 7.77. The van der Waals surface area contributed by atoms with Crippen LogP contribution in [0.25, 0.3) is 16.9 Å². The first-order valence-corrected chi connectivity index (χ1v) is 16.2. The van der Waals surface area contributed by atoms with Gasteiger partial charge in [0.1, 0.15) is 0 Å². The molecule has 3 rings (SSSR count). The van der Waals surface area contributed by atoms with Crippen molar-refractivity contribution in [1.29, 1.82) is 0 Å². The van der Waals surface area contributed by atoms with E-state index in [0.717, 1.165) is 73.9 Å². The van der Waals surface area contributed by atoms with E-state index in [1.165, 1.54) is 72.8 Å². The zero-order valence-corrected chi connectivity index (χ0v) is 27.2. The van der Waals surface area contributed by atoms with Crippen molar-refractivity contribution in [3.63, 3.8) is 0 Å². The Bertz CT molecular complexity index is 1310. The summed E-state index contributed by atoms with van der Waals surface area (Å²) in [6.07, 6.45) is 19.5. The molecule has 1 aliphatic heterocycles. The van der Waals surface area contributed by atoms with E-state index in [1.807, 2.05) is 0 Å². The fourth-order valence-corrected chi connectivity index (χ4v) is 5.42. The zero-order valence-electron chi connectivity index (χ0n) is 26.2. The third kappa shape index (κ3) is 11.1. The molecular weight excluding hydrogens is 555 g/mol. The van der Waals surface area contributed by atoms with Crippen molar-refractivity contribution in [2.45, 2.75) is 124 Å². The number of hydrogen-bond acceptors (Lipinski definition) is 0. The minimum absolute atomic E-state index is 0. The Morgan fingerprint density at radius 2 is 1.05 bits per heavy atom. The van der Waals surface area contributed by atoms with E-state index >= 15 is 0 Å². The van der Waals surface area contributed by atoms with Crippen LogP contribution in [0.15, 0.2) is 60.2 Å². The SMILES string of the molecule is CCCCCC#CCCc1ccccc1C1=CC(CCCCC)=C(c2ccccc2CCC#CCCCCC)[N+]1=[N-].[Ni]. The summed E-state index contributed by atoms with van der Waals surface area (Å²) >= 11 is 0. The predicted molar refractivity (Wildman–Crippen MR) is 176 cm³/mol. The van der Waals surface area contributed by atoms with Crippen LogP contribution in [0.3, 0.4) is 0 Å². The molecule has 0 fully saturated rings. The van der Waals surface area contributed by atoms with E-state index in [2.05, 4.69) is 99.1 Å². The van der Waals surface area contributed by atoms with Gasteiger partial charge < -0.3 is 5.53 Å². The summed E-state index contributed by atoms with van der Waals surface area (Å²) in [5, 5.41) is 0. The van der Waals surface area contributed by atoms with Crippen LogP contribution in [0.1, 0.15) is 133 Å². The molecule has 0 N–H and O–H groups in total. The fraction of sp³-hybridized carbons (Fsp3) is 0.487. The number of benzene rings is 2.